The van der Waals surface area contributed by atoms with Crippen molar-refractivity contribution in [3.63, 3.8) is 0 Å². The molecule has 9 heteroatoms. The summed E-state index contributed by atoms with van der Waals surface area (Å²) >= 11 is 0. The minimum atomic E-state index is -0.991. The Balaban J connectivity index is 0.000000263. The number of aldehydes is 2. The lowest BCUT2D eigenvalue weighted by Gasteiger charge is -2.18. The van der Waals surface area contributed by atoms with Gasteiger partial charge in [0.15, 0.2) is 17.9 Å². The zero-order valence-corrected chi connectivity index (χ0v) is 24.5. The Labute approximate surface area is 241 Å². The summed E-state index contributed by atoms with van der Waals surface area (Å²) in [5.41, 5.74) is 4.58. The first-order chi connectivity index (χ1) is 19.5. The van der Waals surface area contributed by atoms with Crippen LogP contribution < -0.4 is 5.32 Å². The van der Waals surface area contributed by atoms with Crippen molar-refractivity contribution in [2.24, 2.45) is 17.3 Å². The van der Waals surface area contributed by atoms with Crippen molar-refractivity contribution in [1.29, 1.82) is 0 Å². The molecule has 2 fully saturated rings. The molecule has 5 rings (SSSR count). The molecule has 1 aliphatic carbocycles. The highest BCUT2D eigenvalue weighted by Gasteiger charge is 2.61. The number of benzene rings is 2. The van der Waals surface area contributed by atoms with Gasteiger partial charge in [-0.05, 0) is 78.6 Å². The number of aromatic nitrogens is 2. The molecular weight excluding hydrogens is 526 g/mol. The molecular formula is C32H40F2N4O3. The number of H-pyrrole nitrogens is 1. The second-order valence-corrected chi connectivity index (χ2v) is 10.8. The van der Waals surface area contributed by atoms with Crippen molar-refractivity contribution >= 4 is 12.6 Å². The third-order valence-corrected chi connectivity index (χ3v) is 7.74. The van der Waals surface area contributed by atoms with E-state index in [1.165, 1.54) is 25.4 Å². The van der Waals surface area contributed by atoms with Crippen molar-refractivity contribution in [3.05, 3.63) is 76.6 Å². The van der Waals surface area contributed by atoms with Crippen LogP contribution in [-0.2, 0) is 4.79 Å². The number of terminal acetylenes is 1. The van der Waals surface area contributed by atoms with Gasteiger partial charge in [0, 0.05) is 44.4 Å². The fraction of sp³-hybridized carbons (Fsp3) is 0.406. The number of carbonyl (C=O) groups is 2. The fourth-order valence-corrected chi connectivity index (χ4v) is 5.40. The van der Waals surface area contributed by atoms with E-state index in [-0.39, 0.29) is 12.0 Å². The number of aryl methyl sites for hydroxylation is 2. The third kappa shape index (κ3) is 8.32. The van der Waals surface area contributed by atoms with Gasteiger partial charge in [-0.2, -0.15) is 5.10 Å². The Morgan fingerprint density at radius 3 is 2.22 bits per heavy atom. The zero-order chi connectivity index (χ0) is 30.7. The summed E-state index contributed by atoms with van der Waals surface area (Å²) in [7, 11) is 3.22. The number of halogens is 2. The topological polar surface area (TPSA) is 98.3 Å². The Morgan fingerprint density at radius 2 is 1.78 bits per heavy atom. The first-order valence-electron chi connectivity index (χ1n) is 13.3. The largest absolute Gasteiger partial charge is 0.400 e. The molecule has 3 atom stereocenters. The number of hydrogen-bond donors (Lipinski definition) is 3. The predicted octanol–water partition coefficient (Wildman–Crippen LogP) is 5.09. The number of nitrogens with zero attached hydrogens (tertiary/aromatic N) is 2. The van der Waals surface area contributed by atoms with Crippen LogP contribution in [0, 0.1) is 55.2 Å². The molecule has 0 radical (unpaired) electrons. The van der Waals surface area contributed by atoms with E-state index in [1.54, 1.807) is 12.1 Å². The van der Waals surface area contributed by atoms with Gasteiger partial charge >= 0.3 is 0 Å². The van der Waals surface area contributed by atoms with Crippen molar-refractivity contribution in [2.45, 2.75) is 40.2 Å². The maximum absolute atomic E-state index is 14.2. The number of carbonyl (C=O) groups excluding carboxylic acids is 2. The summed E-state index contributed by atoms with van der Waals surface area (Å²) in [5.74, 6) is 0.106. The minimum absolute atomic E-state index is 0.0449. The lowest BCUT2D eigenvalue weighted by molar-refractivity contribution is -0.108. The number of rotatable bonds is 6. The molecule has 2 aromatic carbocycles. The molecule has 3 unspecified atom stereocenters. The van der Waals surface area contributed by atoms with Gasteiger partial charge in [0.25, 0.3) is 0 Å². The van der Waals surface area contributed by atoms with Crippen molar-refractivity contribution in [1.82, 2.24) is 20.4 Å². The molecule has 1 saturated heterocycles. The van der Waals surface area contributed by atoms with E-state index in [9.17, 15) is 18.4 Å². The van der Waals surface area contributed by atoms with Gasteiger partial charge < -0.3 is 20.1 Å². The molecule has 3 N–H and O–H groups in total. The molecule has 0 amide bonds. The van der Waals surface area contributed by atoms with Gasteiger partial charge in [0.2, 0.25) is 0 Å². The second kappa shape index (κ2) is 15.2. The molecule has 0 spiro atoms. The summed E-state index contributed by atoms with van der Waals surface area (Å²) < 4.78 is 28.3. The van der Waals surface area contributed by atoms with Gasteiger partial charge in [0.1, 0.15) is 6.29 Å². The predicted molar refractivity (Wildman–Crippen MR) is 157 cm³/mol. The summed E-state index contributed by atoms with van der Waals surface area (Å²) in [5, 5.41) is 15.6. The number of aromatic amines is 1. The minimum Gasteiger partial charge on any atom is -0.400 e. The average Bonchev–Trinajstić information content (AvgIpc) is 3.41. The lowest BCUT2D eigenvalue weighted by atomic mass is 9.92. The van der Waals surface area contributed by atoms with Crippen LogP contribution in [0.5, 0.6) is 0 Å². The summed E-state index contributed by atoms with van der Waals surface area (Å²) in [6.45, 7) is 11.3. The fourth-order valence-electron chi connectivity index (χ4n) is 5.40. The highest BCUT2D eigenvalue weighted by Crippen LogP contribution is 2.61. The van der Waals surface area contributed by atoms with Gasteiger partial charge in [-0.25, -0.2) is 8.78 Å². The van der Waals surface area contributed by atoms with Gasteiger partial charge in [-0.1, -0.05) is 38.5 Å². The maximum atomic E-state index is 14.2. The van der Waals surface area contributed by atoms with Gasteiger partial charge in [-0.15, -0.1) is 0 Å². The molecule has 2 heterocycles. The summed E-state index contributed by atoms with van der Waals surface area (Å²) in [6.07, 6.45) is 8.01. The first-order valence-corrected chi connectivity index (χ1v) is 13.3. The molecule has 3 aromatic rings. The highest BCUT2D eigenvalue weighted by molar-refractivity contribution is 5.72. The highest BCUT2D eigenvalue weighted by atomic mass is 19.2. The molecule has 1 saturated carbocycles. The first kappa shape index (κ1) is 33.3. The van der Waals surface area contributed by atoms with E-state index >= 15 is 0 Å². The second-order valence-electron chi connectivity index (χ2n) is 10.8. The molecule has 41 heavy (non-hydrogen) atoms. The Kier molecular flexibility index (Phi) is 12.4. The van der Waals surface area contributed by atoms with Crippen molar-refractivity contribution < 1.29 is 23.5 Å². The number of aliphatic hydroxyl groups is 1. The summed E-state index contributed by atoms with van der Waals surface area (Å²) in [4.78, 5) is 23.0. The van der Waals surface area contributed by atoms with E-state index < -0.39 is 17.7 Å². The SMILES string of the molecule is C#CNC(CC=O)c1cc(-c2c(C)cccc2C)cc(F)c1F.CN1CC2C(C1)C2(C)C.CO.O=Cc1ccn[nH]1. The van der Waals surface area contributed by atoms with Crippen LogP contribution in [-0.4, -0.2) is 60.0 Å². The molecule has 0 bridgehead atoms. The normalized spacial score (nSPS) is 18.4. The average molecular weight is 567 g/mol. The Bertz CT molecular complexity index is 1300. The number of fused-ring (bicyclic) bond motifs is 1. The van der Waals surface area contributed by atoms with Crippen LogP contribution in [0.2, 0.25) is 0 Å². The number of likely N-dealkylation sites (tertiary alicyclic amines) is 1. The van der Waals surface area contributed by atoms with E-state index in [0.717, 1.165) is 35.6 Å². The van der Waals surface area contributed by atoms with Crippen molar-refractivity contribution in [3.8, 4) is 23.6 Å². The molecule has 7 nitrogen and oxygen atoms in total. The van der Waals surface area contributed by atoms with E-state index in [1.807, 2.05) is 32.0 Å². The number of piperidine rings is 1. The smallest absolute Gasteiger partial charge is 0.167 e. The molecule has 1 aromatic heterocycles. The van der Waals surface area contributed by atoms with Crippen LogP contribution in [0.25, 0.3) is 11.1 Å². The number of hydrogen-bond acceptors (Lipinski definition) is 6. The van der Waals surface area contributed by atoms with Crippen LogP contribution >= 0.6 is 0 Å². The van der Waals surface area contributed by atoms with Gasteiger partial charge in [0.05, 0.1) is 11.7 Å². The molecule has 2 aliphatic rings. The Morgan fingerprint density at radius 1 is 1.17 bits per heavy atom. The molecule has 220 valence electrons. The van der Waals surface area contributed by atoms with Gasteiger partial charge in [-0.3, -0.25) is 9.89 Å². The van der Waals surface area contributed by atoms with Crippen LogP contribution in [0.1, 0.15) is 53.5 Å². The number of aliphatic hydroxyl groups excluding tert-OH is 1. The zero-order valence-electron chi connectivity index (χ0n) is 24.5. The lowest BCUT2D eigenvalue weighted by Crippen LogP contribution is -2.21. The third-order valence-electron chi connectivity index (χ3n) is 7.74. The molecule has 1 aliphatic heterocycles. The quantitative estimate of drug-likeness (QED) is 0.218. The Hall–Kier alpha value is -3.87. The van der Waals surface area contributed by atoms with E-state index in [2.05, 4.69) is 47.4 Å². The number of nitrogens with one attached hydrogen (secondary N) is 2. The van der Waals surface area contributed by atoms with Crippen molar-refractivity contribution in [2.75, 3.05) is 27.2 Å². The monoisotopic (exact) mass is 566 g/mol. The van der Waals surface area contributed by atoms with Crippen LogP contribution in [0.15, 0.2) is 42.6 Å². The standard InChI is InChI=1S/C19H17F2NO.C8H15N.C4H4N2O.CH4O/c1-4-22-17(8-9-23)15-10-14(11-16(20)19(15)21)18-12(2)6-5-7-13(18)3;1-8(2)6-4-9(3)5-7(6)8;7-3-4-1-2-5-6-4;1-2/h1,5-7,9-11,17,22H,8H2,2-3H3;6-7H,4-5H2,1-3H3;1-3H,(H,5,6);2H,1H3. The van der Waals surface area contributed by atoms with Crippen LogP contribution in [0.3, 0.4) is 0 Å². The maximum Gasteiger partial charge on any atom is 0.167 e. The van der Waals surface area contributed by atoms with E-state index in [0.29, 0.717) is 29.2 Å². The van der Waals surface area contributed by atoms with Crippen LogP contribution in [0.4, 0.5) is 8.78 Å². The summed E-state index contributed by atoms with van der Waals surface area (Å²) in [6, 6.07) is 11.5. The van der Waals surface area contributed by atoms with E-state index in [4.69, 9.17) is 11.5 Å².